The molecule has 1 aliphatic rings. The van der Waals surface area contributed by atoms with Crippen LogP contribution < -0.4 is 5.32 Å². The van der Waals surface area contributed by atoms with Gasteiger partial charge in [0.25, 0.3) is 5.91 Å². The van der Waals surface area contributed by atoms with E-state index in [9.17, 15) is 4.79 Å². The fourth-order valence-corrected chi connectivity index (χ4v) is 4.93. The van der Waals surface area contributed by atoms with Gasteiger partial charge in [0.05, 0.1) is 11.2 Å². The lowest BCUT2D eigenvalue weighted by molar-refractivity contribution is 0.102. The van der Waals surface area contributed by atoms with Gasteiger partial charge in [-0.2, -0.15) is 0 Å². The molecule has 1 N–H and O–H groups in total. The number of aromatic nitrogens is 1. The first-order chi connectivity index (χ1) is 16.5. The van der Waals surface area contributed by atoms with Crippen LogP contribution in [0.4, 0.5) is 5.69 Å². The maximum atomic E-state index is 12.8. The number of hydrogen-bond acceptors (Lipinski definition) is 3. The van der Waals surface area contributed by atoms with Crippen LogP contribution in [0.15, 0.2) is 72.8 Å². The fraction of sp³-hybridized carbons (Fsp3) is 0.214. The van der Waals surface area contributed by atoms with E-state index in [1.165, 1.54) is 19.3 Å². The standard InChI is InChI=1S/C28H25Cl2N3O/c29-22-9-12-25(26(30)17-22)19-4-6-20(7-5-19)28(34)32-23-11-13-27-21(16-23)8-10-24(31-27)18-33-14-2-1-3-15-33/h4-13,16-17H,1-3,14-15,18H2,(H,32,34). The molecule has 3 aromatic carbocycles. The molecule has 4 nitrogen and oxygen atoms in total. The average Bonchev–Trinajstić information content (AvgIpc) is 2.85. The minimum Gasteiger partial charge on any atom is -0.322 e. The Kier molecular flexibility index (Phi) is 6.82. The summed E-state index contributed by atoms with van der Waals surface area (Å²) in [6.45, 7) is 3.20. The number of nitrogens with one attached hydrogen (secondary N) is 1. The highest BCUT2D eigenvalue weighted by Gasteiger charge is 2.12. The van der Waals surface area contributed by atoms with Crippen molar-refractivity contribution in [3.8, 4) is 11.1 Å². The molecule has 6 heteroatoms. The minimum atomic E-state index is -0.164. The van der Waals surface area contributed by atoms with Gasteiger partial charge in [-0.1, -0.05) is 53.9 Å². The van der Waals surface area contributed by atoms with E-state index in [1.807, 2.05) is 36.4 Å². The SMILES string of the molecule is O=C(Nc1ccc2nc(CN3CCCCC3)ccc2c1)c1ccc(-c2ccc(Cl)cc2Cl)cc1. The van der Waals surface area contributed by atoms with Crippen molar-refractivity contribution in [3.05, 3.63) is 94.1 Å². The van der Waals surface area contributed by atoms with Crippen LogP contribution in [0, 0.1) is 0 Å². The second-order valence-corrected chi connectivity index (χ2v) is 9.55. The molecule has 0 aliphatic carbocycles. The molecule has 1 aromatic heterocycles. The summed E-state index contributed by atoms with van der Waals surface area (Å²) in [4.78, 5) is 20.1. The summed E-state index contributed by atoms with van der Waals surface area (Å²) < 4.78 is 0. The van der Waals surface area contributed by atoms with Crippen molar-refractivity contribution in [2.75, 3.05) is 18.4 Å². The molecule has 4 aromatic rings. The predicted octanol–water partition coefficient (Wildman–Crippen LogP) is 7.45. The number of carbonyl (C=O) groups is 1. The summed E-state index contributed by atoms with van der Waals surface area (Å²) in [5.74, 6) is -0.164. The highest BCUT2D eigenvalue weighted by atomic mass is 35.5. The van der Waals surface area contributed by atoms with Crippen molar-refractivity contribution in [2.45, 2.75) is 25.8 Å². The zero-order valence-corrected chi connectivity index (χ0v) is 20.2. The van der Waals surface area contributed by atoms with Crippen LogP contribution in [0.2, 0.25) is 10.0 Å². The summed E-state index contributed by atoms with van der Waals surface area (Å²) in [7, 11) is 0. The van der Waals surface area contributed by atoms with Gasteiger partial charge in [0.15, 0.2) is 0 Å². The van der Waals surface area contributed by atoms with E-state index in [4.69, 9.17) is 28.2 Å². The number of carbonyl (C=O) groups excluding carboxylic acids is 1. The number of rotatable bonds is 5. The Labute approximate surface area is 209 Å². The van der Waals surface area contributed by atoms with Crippen molar-refractivity contribution in [2.24, 2.45) is 0 Å². The third kappa shape index (κ3) is 5.25. The molecule has 172 valence electrons. The molecule has 0 radical (unpaired) electrons. The molecule has 0 atom stereocenters. The lowest BCUT2D eigenvalue weighted by atomic mass is 10.0. The zero-order chi connectivity index (χ0) is 23.5. The number of amides is 1. The highest BCUT2D eigenvalue weighted by Crippen LogP contribution is 2.30. The normalized spacial score (nSPS) is 14.3. The second kappa shape index (κ2) is 10.1. The molecule has 1 aliphatic heterocycles. The van der Waals surface area contributed by atoms with Crippen LogP contribution in [-0.2, 0) is 6.54 Å². The van der Waals surface area contributed by atoms with E-state index in [-0.39, 0.29) is 5.91 Å². The number of nitrogens with zero attached hydrogens (tertiary/aromatic N) is 2. The molecule has 2 heterocycles. The van der Waals surface area contributed by atoms with E-state index in [2.05, 4.69) is 22.3 Å². The van der Waals surface area contributed by atoms with E-state index < -0.39 is 0 Å². The molecular weight excluding hydrogens is 465 g/mol. The van der Waals surface area contributed by atoms with Crippen LogP contribution in [0.5, 0.6) is 0 Å². The number of halogens is 2. The minimum absolute atomic E-state index is 0.164. The van der Waals surface area contributed by atoms with E-state index in [0.717, 1.165) is 53.0 Å². The monoisotopic (exact) mass is 489 g/mol. The molecule has 1 amide bonds. The van der Waals surface area contributed by atoms with Gasteiger partial charge in [0, 0.05) is 38.8 Å². The van der Waals surface area contributed by atoms with E-state index in [0.29, 0.717) is 15.6 Å². The van der Waals surface area contributed by atoms with Crippen LogP contribution >= 0.6 is 23.2 Å². The third-order valence-electron chi connectivity index (χ3n) is 6.23. The van der Waals surface area contributed by atoms with Crippen molar-refractivity contribution < 1.29 is 4.79 Å². The first-order valence-corrected chi connectivity index (χ1v) is 12.3. The molecule has 1 saturated heterocycles. The van der Waals surface area contributed by atoms with Gasteiger partial charge in [-0.05, 0) is 80.0 Å². The third-order valence-corrected chi connectivity index (χ3v) is 6.78. The molecule has 34 heavy (non-hydrogen) atoms. The maximum absolute atomic E-state index is 12.8. The highest BCUT2D eigenvalue weighted by molar-refractivity contribution is 6.36. The zero-order valence-electron chi connectivity index (χ0n) is 18.7. The van der Waals surface area contributed by atoms with Gasteiger partial charge in [-0.3, -0.25) is 14.7 Å². The average molecular weight is 490 g/mol. The van der Waals surface area contributed by atoms with Crippen LogP contribution in [0.1, 0.15) is 35.3 Å². The van der Waals surface area contributed by atoms with E-state index >= 15 is 0 Å². The molecule has 0 spiro atoms. The topological polar surface area (TPSA) is 45.2 Å². The first-order valence-electron chi connectivity index (χ1n) is 11.5. The quantitative estimate of drug-likeness (QED) is 0.316. The van der Waals surface area contributed by atoms with Gasteiger partial charge in [0.2, 0.25) is 0 Å². The van der Waals surface area contributed by atoms with E-state index in [1.54, 1.807) is 24.3 Å². The molecule has 0 unspecified atom stereocenters. The predicted molar refractivity (Wildman–Crippen MR) is 141 cm³/mol. The number of anilines is 1. The molecule has 0 bridgehead atoms. The molecule has 0 saturated carbocycles. The number of benzene rings is 3. The summed E-state index contributed by atoms with van der Waals surface area (Å²) in [6, 6.07) is 22.8. The Morgan fingerprint density at radius 1 is 0.882 bits per heavy atom. The number of hydrogen-bond donors (Lipinski definition) is 1. The summed E-state index contributed by atoms with van der Waals surface area (Å²) in [5.41, 5.74) is 5.15. The summed E-state index contributed by atoms with van der Waals surface area (Å²) in [6.07, 6.45) is 3.87. The number of piperidine rings is 1. The molecule has 1 fully saturated rings. The van der Waals surface area contributed by atoms with Gasteiger partial charge >= 0.3 is 0 Å². The fourth-order valence-electron chi connectivity index (χ4n) is 4.41. The Balaban J connectivity index is 1.27. The second-order valence-electron chi connectivity index (χ2n) is 8.70. The van der Waals surface area contributed by atoms with Crippen molar-refractivity contribution in [3.63, 3.8) is 0 Å². The lowest BCUT2D eigenvalue weighted by Gasteiger charge is -2.26. The van der Waals surface area contributed by atoms with Crippen LogP contribution in [0.3, 0.4) is 0 Å². The Morgan fingerprint density at radius 2 is 1.68 bits per heavy atom. The number of likely N-dealkylation sites (tertiary alicyclic amines) is 1. The van der Waals surface area contributed by atoms with Crippen molar-refractivity contribution >= 4 is 45.7 Å². The summed E-state index contributed by atoms with van der Waals surface area (Å²) in [5, 5.41) is 5.17. The number of fused-ring (bicyclic) bond motifs is 1. The maximum Gasteiger partial charge on any atom is 0.255 e. The van der Waals surface area contributed by atoms with Gasteiger partial charge in [-0.15, -0.1) is 0 Å². The Morgan fingerprint density at radius 3 is 2.44 bits per heavy atom. The van der Waals surface area contributed by atoms with Gasteiger partial charge in [0.1, 0.15) is 0 Å². The molecule has 5 rings (SSSR count). The van der Waals surface area contributed by atoms with Crippen LogP contribution in [0.25, 0.3) is 22.0 Å². The Hall–Kier alpha value is -2.92. The molecular formula is C28H25Cl2N3O. The van der Waals surface area contributed by atoms with Crippen LogP contribution in [-0.4, -0.2) is 28.9 Å². The van der Waals surface area contributed by atoms with Gasteiger partial charge < -0.3 is 5.32 Å². The number of pyridine rings is 1. The smallest absolute Gasteiger partial charge is 0.255 e. The lowest BCUT2D eigenvalue weighted by Crippen LogP contribution is -2.29. The Bertz CT molecular complexity index is 1330. The largest absolute Gasteiger partial charge is 0.322 e. The van der Waals surface area contributed by atoms with Gasteiger partial charge in [-0.25, -0.2) is 0 Å². The van der Waals surface area contributed by atoms with Crippen molar-refractivity contribution in [1.29, 1.82) is 0 Å². The summed E-state index contributed by atoms with van der Waals surface area (Å²) >= 11 is 12.3. The first kappa shape index (κ1) is 22.9. The van der Waals surface area contributed by atoms with Crippen molar-refractivity contribution in [1.82, 2.24) is 9.88 Å².